The van der Waals surface area contributed by atoms with Crippen LogP contribution >= 0.6 is 0 Å². The van der Waals surface area contributed by atoms with Gasteiger partial charge in [-0.2, -0.15) is 0 Å². The summed E-state index contributed by atoms with van der Waals surface area (Å²) in [7, 11) is 0. The number of likely N-dealkylation sites (tertiary alicyclic amines) is 1. The molecule has 1 saturated heterocycles. The van der Waals surface area contributed by atoms with Crippen LogP contribution in [0.15, 0.2) is 60.8 Å². The summed E-state index contributed by atoms with van der Waals surface area (Å²) >= 11 is 0. The molecule has 0 spiro atoms. The molecule has 1 atom stereocenters. The highest BCUT2D eigenvalue weighted by Gasteiger charge is 2.20. The summed E-state index contributed by atoms with van der Waals surface area (Å²) in [5, 5.41) is 7.43. The van der Waals surface area contributed by atoms with Crippen molar-refractivity contribution in [1.82, 2.24) is 20.5 Å². The Kier molecular flexibility index (Phi) is 5.92. The van der Waals surface area contributed by atoms with Gasteiger partial charge in [0.15, 0.2) is 0 Å². The van der Waals surface area contributed by atoms with Crippen LogP contribution in [0, 0.1) is 0 Å². The molecule has 1 aromatic heterocycles. The molecule has 2 aromatic carbocycles. The molecule has 2 amide bonds. The van der Waals surface area contributed by atoms with E-state index in [1.54, 1.807) is 0 Å². The summed E-state index contributed by atoms with van der Waals surface area (Å²) < 4.78 is 0. The lowest BCUT2D eigenvalue weighted by atomic mass is 10.1. The van der Waals surface area contributed by atoms with Crippen molar-refractivity contribution in [3.05, 3.63) is 71.9 Å². The van der Waals surface area contributed by atoms with E-state index in [0.29, 0.717) is 6.54 Å². The summed E-state index contributed by atoms with van der Waals surface area (Å²) in [6.45, 7) is 3.71. The molecule has 4 rings (SSSR count). The normalized spacial score (nSPS) is 15.6. The zero-order valence-electron chi connectivity index (χ0n) is 16.2. The third kappa shape index (κ3) is 4.54. The molecule has 3 aromatic rings. The highest BCUT2D eigenvalue weighted by atomic mass is 16.2. The molecule has 3 N–H and O–H groups in total. The van der Waals surface area contributed by atoms with Crippen molar-refractivity contribution in [1.29, 1.82) is 0 Å². The van der Waals surface area contributed by atoms with Gasteiger partial charge in [0.2, 0.25) is 0 Å². The molecule has 0 radical (unpaired) electrons. The predicted molar refractivity (Wildman–Crippen MR) is 113 cm³/mol. The molecular formula is C23H28N4O. The Bertz CT molecular complexity index is 899. The van der Waals surface area contributed by atoms with Gasteiger partial charge in [0.05, 0.1) is 6.04 Å². The number of para-hydroxylation sites is 1. The molecule has 0 aliphatic carbocycles. The van der Waals surface area contributed by atoms with E-state index in [9.17, 15) is 4.79 Å². The van der Waals surface area contributed by atoms with Gasteiger partial charge < -0.3 is 20.5 Å². The number of hydrogen-bond donors (Lipinski definition) is 3. The number of carbonyl (C=O) groups excluding carboxylic acids is 1. The van der Waals surface area contributed by atoms with Crippen molar-refractivity contribution >= 4 is 16.9 Å². The van der Waals surface area contributed by atoms with Crippen LogP contribution in [-0.2, 0) is 6.42 Å². The highest BCUT2D eigenvalue weighted by Crippen LogP contribution is 2.19. The Hall–Kier alpha value is -2.79. The first-order chi connectivity index (χ1) is 13.8. The second kappa shape index (κ2) is 8.93. The maximum Gasteiger partial charge on any atom is 0.315 e. The number of rotatable bonds is 7. The van der Waals surface area contributed by atoms with Gasteiger partial charge >= 0.3 is 6.03 Å². The fraction of sp³-hybridized carbons (Fsp3) is 0.348. The molecule has 146 valence electrons. The third-order valence-corrected chi connectivity index (χ3v) is 5.50. The largest absolute Gasteiger partial charge is 0.361 e. The first kappa shape index (κ1) is 18.6. The highest BCUT2D eigenvalue weighted by molar-refractivity contribution is 5.83. The average Bonchev–Trinajstić information content (AvgIpc) is 3.38. The number of amides is 2. The molecule has 0 saturated carbocycles. The van der Waals surface area contributed by atoms with E-state index in [2.05, 4.69) is 44.8 Å². The van der Waals surface area contributed by atoms with E-state index in [-0.39, 0.29) is 12.1 Å². The summed E-state index contributed by atoms with van der Waals surface area (Å²) in [4.78, 5) is 18.3. The SMILES string of the molecule is O=C(NCCc1c[nH]c2ccccc12)NC(CN1CCCC1)c1ccccc1. The van der Waals surface area contributed by atoms with Crippen LogP contribution in [0.2, 0.25) is 0 Å². The first-order valence-corrected chi connectivity index (χ1v) is 10.2. The number of nitrogens with one attached hydrogen (secondary N) is 3. The van der Waals surface area contributed by atoms with Crippen molar-refractivity contribution in [3.8, 4) is 0 Å². The molecule has 1 fully saturated rings. The zero-order valence-corrected chi connectivity index (χ0v) is 16.2. The van der Waals surface area contributed by atoms with E-state index >= 15 is 0 Å². The van der Waals surface area contributed by atoms with Gasteiger partial charge in [-0.3, -0.25) is 0 Å². The van der Waals surface area contributed by atoms with Crippen molar-refractivity contribution in [2.45, 2.75) is 25.3 Å². The van der Waals surface area contributed by atoms with Gasteiger partial charge in [0, 0.05) is 30.2 Å². The molecular weight excluding hydrogens is 348 g/mol. The Morgan fingerprint density at radius 2 is 1.79 bits per heavy atom. The lowest BCUT2D eigenvalue weighted by Crippen LogP contribution is -2.42. The molecule has 1 unspecified atom stereocenters. The van der Waals surface area contributed by atoms with Crippen LogP contribution in [0.4, 0.5) is 4.79 Å². The monoisotopic (exact) mass is 376 g/mol. The quantitative estimate of drug-likeness (QED) is 0.587. The summed E-state index contributed by atoms with van der Waals surface area (Å²) in [6, 6.07) is 18.4. The minimum atomic E-state index is -0.104. The summed E-state index contributed by atoms with van der Waals surface area (Å²) in [6.07, 6.45) is 5.33. The van der Waals surface area contributed by atoms with Gasteiger partial charge in [-0.1, -0.05) is 48.5 Å². The molecule has 5 nitrogen and oxygen atoms in total. The lowest BCUT2D eigenvalue weighted by molar-refractivity contribution is 0.229. The number of aromatic nitrogens is 1. The van der Waals surface area contributed by atoms with Crippen LogP contribution in [0.5, 0.6) is 0 Å². The molecule has 1 aliphatic rings. The fourth-order valence-corrected chi connectivity index (χ4v) is 4.00. The number of aromatic amines is 1. The van der Waals surface area contributed by atoms with E-state index in [0.717, 1.165) is 37.1 Å². The van der Waals surface area contributed by atoms with E-state index < -0.39 is 0 Å². The molecule has 2 heterocycles. The zero-order chi connectivity index (χ0) is 19.2. The standard InChI is InChI=1S/C23H28N4O/c28-23(24-13-12-19-16-25-21-11-5-4-10-20(19)21)26-22(17-27-14-6-7-15-27)18-8-2-1-3-9-18/h1-5,8-11,16,22,25H,6-7,12-15,17H2,(H2,24,26,28). The number of hydrogen-bond acceptors (Lipinski definition) is 2. The van der Waals surface area contributed by atoms with Crippen molar-refractivity contribution < 1.29 is 4.79 Å². The second-order valence-electron chi connectivity index (χ2n) is 7.48. The number of benzene rings is 2. The number of urea groups is 1. The average molecular weight is 377 g/mol. The number of fused-ring (bicyclic) bond motifs is 1. The Morgan fingerprint density at radius 3 is 2.61 bits per heavy atom. The fourth-order valence-electron chi connectivity index (χ4n) is 4.00. The molecule has 1 aliphatic heterocycles. The van der Waals surface area contributed by atoms with Gasteiger partial charge in [0.1, 0.15) is 0 Å². The van der Waals surface area contributed by atoms with Crippen molar-refractivity contribution in [3.63, 3.8) is 0 Å². The minimum absolute atomic E-state index is 0.00684. The molecule has 5 heteroatoms. The number of carbonyl (C=O) groups is 1. The van der Waals surface area contributed by atoms with Crippen molar-refractivity contribution in [2.75, 3.05) is 26.2 Å². The van der Waals surface area contributed by atoms with E-state index in [1.165, 1.54) is 23.8 Å². The van der Waals surface area contributed by atoms with E-state index in [1.807, 2.05) is 36.5 Å². The molecule has 0 bridgehead atoms. The van der Waals surface area contributed by atoms with Gasteiger partial charge in [-0.15, -0.1) is 0 Å². The Morgan fingerprint density at radius 1 is 1.04 bits per heavy atom. The predicted octanol–water partition coefficient (Wildman–Crippen LogP) is 3.85. The van der Waals surface area contributed by atoms with Crippen LogP contribution in [-0.4, -0.2) is 42.1 Å². The maximum atomic E-state index is 12.5. The second-order valence-corrected chi connectivity index (χ2v) is 7.48. The Balaban J connectivity index is 1.33. The van der Waals surface area contributed by atoms with Gasteiger partial charge in [0.25, 0.3) is 0 Å². The molecule has 28 heavy (non-hydrogen) atoms. The summed E-state index contributed by atoms with van der Waals surface area (Å²) in [5.74, 6) is 0. The van der Waals surface area contributed by atoms with Crippen LogP contribution < -0.4 is 10.6 Å². The van der Waals surface area contributed by atoms with E-state index in [4.69, 9.17) is 0 Å². The summed E-state index contributed by atoms with van der Waals surface area (Å²) in [5.41, 5.74) is 3.52. The number of H-pyrrole nitrogens is 1. The van der Waals surface area contributed by atoms with Gasteiger partial charge in [-0.05, 0) is 49.5 Å². The smallest absolute Gasteiger partial charge is 0.315 e. The number of nitrogens with zero attached hydrogens (tertiary/aromatic N) is 1. The topological polar surface area (TPSA) is 60.2 Å². The Labute approximate surface area is 166 Å². The van der Waals surface area contributed by atoms with Crippen molar-refractivity contribution in [2.24, 2.45) is 0 Å². The van der Waals surface area contributed by atoms with Gasteiger partial charge in [-0.25, -0.2) is 4.79 Å². The van der Waals surface area contributed by atoms with Crippen LogP contribution in [0.25, 0.3) is 10.9 Å². The maximum absolute atomic E-state index is 12.5. The minimum Gasteiger partial charge on any atom is -0.361 e. The van der Waals surface area contributed by atoms with Crippen LogP contribution in [0.1, 0.15) is 30.0 Å². The lowest BCUT2D eigenvalue weighted by Gasteiger charge is -2.25. The first-order valence-electron chi connectivity index (χ1n) is 10.2. The third-order valence-electron chi connectivity index (χ3n) is 5.50. The van der Waals surface area contributed by atoms with Crippen LogP contribution in [0.3, 0.4) is 0 Å².